The van der Waals surface area contributed by atoms with Crippen LogP contribution >= 0.6 is 0 Å². The molecule has 0 unspecified atom stereocenters. The topological polar surface area (TPSA) is 92.1 Å². The Morgan fingerprint density at radius 1 is 0.676 bits per heavy atom. The fraction of sp³-hybridized carbons (Fsp3) is 1.00. The van der Waals surface area contributed by atoms with Crippen LogP contribution in [-0.4, -0.2) is 116 Å². The molecule has 0 aromatic rings. The molecular formula is C25H52N4O5. The van der Waals surface area contributed by atoms with Crippen LogP contribution in [0, 0.1) is 0 Å². The largest absolute Gasteiger partial charge is 0.395 e. The van der Waals surface area contributed by atoms with Gasteiger partial charge in [-0.2, -0.15) is 10.1 Å². The molecule has 2 aliphatic rings. The summed E-state index contributed by atoms with van der Waals surface area (Å²) in [6, 6.07) is 0.612. The maximum Gasteiger partial charge on any atom is 0.0949 e. The van der Waals surface area contributed by atoms with Gasteiger partial charge < -0.3 is 20.4 Å². The van der Waals surface area contributed by atoms with Gasteiger partial charge in [0.15, 0.2) is 0 Å². The zero-order chi connectivity index (χ0) is 25.9. The van der Waals surface area contributed by atoms with Crippen LogP contribution in [0.25, 0.3) is 0 Å². The molecule has 202 valence electrons. The first-order valence-electron chi connectivity index (χ1n) is 12.8. The lowest BCUT2D eigenvalue weighted by Crippen LogP contribution is -2.63. The van der Waals surface area contributed by atoms with Gasteiger partial charge in [0, 0.05) is 53.9 Å². The molecule has 0 bridgehead atoms. The van der Waals surface area contributed by atoms with Crippen molar-refractivity contribution in [1.29, 1.82) is 0 Å². The minimum Gasteiger partial charge on any atom is -0.395 e. The van der Waals surface area contributed by atoms with Gasteiger partial charge in [0.2, 0.25) is 0 Å². The predicted octanol–water partition coefficient (Wildman–Crippen LogP) is 2.98. The van der Waals surface area contributed by atoms with Crippen LogP contribution in [0.2, 0.25) is 0 Å². The normalized spacial score (nSPS) is 25.9. The van der Waals surface area contributed by atoms with E-state index < -0.39 is 0 Å². The molecule has 34 heavy (non-hydrogen) atoms. The molecule has 0 spiro atoms. The molecule has 0 saturated carbocycles. The average molecular weight is 489 g/mol. The average Bonchev–Trinajstić information content (AvgIpc) is 2.70. The van der Waals surface area contributed by atoms with Crippen LogP contribution in [0.1, 0.15) is 81.1 Å². The van der Waals surface area contributed by atoms with Crippen molar-refractivity contribution >= 4 is 0 Å². The van der Waals surface area contributed by atoms with Gasteiger partial charge in [-0.3, -0.25) is 4.90 Å². The number of hydroxylamine groups is 4. The first kappa shape index (κ1) is 29.9. The Kier molecular flexibility index (Phi) is 9.98. The molecule has 2 heterocycles. The number of nitrogens with zero attached hydrogens (tertiary/aromatic N) is 4. The number of rotatable bonds is 11. The zero-order valence-electron chi connectivity index (χ0n) is 23.2. The van der Waals surface area contributed by atoms with Gasteiger partial charge in [-0.1, -0.05) is 0 Å². The van der Waals surface area contributed by atoms with Crippen LogP contribution in [0.3, 0.4) is 0 Å². The van der Waals surface area contributed by atoms with Gasteiger partial charge in [0.05, 0.1) is 19.8 Å². The van der Waals surface area contributed by atoms with Gasteiger partial charge >= 0.3 is 0 Å². The Labute approximate surface area is 207 Å². The summed E-state index contributed by atoms with van der Waals surface area (Å²) < 4.78 is 0. The van der Waals surface area contributed by atoms with E-state index in [1.165, 1.54) is 10.1 Å². The lowest BCUT2D eigenvalue weighted by atomic mass is 9.78. The van der Waals surface area contributed by atoms with E-state index in [0.29, 0.717) is 32.3 Å². The van der Waals surface area contributed by atoms with Crippen molar-refractivity contribution in [3.8, 4) is 0 Å². The van der Waals surface area contributed by atoms with E-state index in [0.717, 1.165) is 32.2 Å². The molecule has 0 aromatic heterocycles. The van der Waals surface area contributed by atoms with E-state index in [1.807, 2.05) is 0 Å². The first-order valence-corrected chi connectivity index (χ1v) is 12.8. The van der Waals surface area contributed by atoms with Crippen molar-refractivity contribution < 1.29 is 25.3 Å². The summed E-state index contributed by atoms with van der Waals surface area (Å²) in [5.41, 5.74) is -1.22. The molecule has 3 N–H and O–H groups in total. The molecule has 0 aliphatic carbocycles. The minimum absolute atomic E-state index is 0.0885. The third kappa shape index (κ3) is 7.33. The maximum atomic E-state index is 10.6. The van der Waals surface area contributed by atoms with Gasteiger partial charge in [0.1, 0.15) is 0 Å². The Hall–Kier alpha value is -0.360. The van der Waals surface area contributed by atoms with Gasteiger partial charge in [-0.25, -0.2) is 9.78 Å². The number of aliphatic hydroxyl groups excluding tert-OH is 1. The van der Waals surface area contributed by atoms with Gasteiger partial charge in [0.25, 0.3) is 0 Å². The predicted molar refractivity (Wildman–Crippen MR) is 133 cm³/mol. The van der Waals surface area contributed by atoms with E-state index >= 15 is 0 Å². The molecule has 2 aliphatic heterocycles. The molecule has 2 rings (SSSR count). The van der Waals surface area contributed by atoms with Crippen molar-refractivity contribution in [1.82, 2.24) is 19.9 Å². The second-order valence-electron chi connectivity index (χ2n) is 12.9. The van der Waals surface area contributed by atoms with Crippen LogP contribution < -0.4 is 0 Å². The molecular weight excluding hydrogens is 436 g/mol. The van der Waals surface area contributed by atoms with Crippen LogP contribution in [0.15, 0.2) is 0 Å². The van der Waals surface area contributed by atoms with Crippen molar-refractivity contribution in [3.05, 3.63) is 0 Å². The van der Waals surface area contributed by atoms with Crippen LogP contribution in [-0.2, 0) is 9.78 Å². The fourth-order valence-corrected chi connectivity index (χ4v) is 6.25. The van der Waals surface area contributed by atoms with Crippen LogP contribution in [0.5, 0.6) is 0 Å². The molecule has 0 aromatic carbocycles. The minimum atomic E-state index is -0.336. The molecule has 0 radical (unpaired) electrons. The number of hydrogen-bond donors (Lipinski definition) is 3. The summed E-state index contributed by atoms with van der Waals surface area (Å²) in [6.07, 6.45) is 3.41. The third-order valence-corrected chi connectivity index (χ3v) is 7.83. The first-order chi connectivity index (χ1) is 15.5. The molecule has 9 heteroatoms. The van der Waals surface area contributed by atoms with E-state index in [1.54, 1.807) is 0 Å². The number of aliphatic hydroxyl groups is 1. The van der Waals surface area contributed by atoms with Gasteiger partial charge in [-0.05, 0) is 88.1 Å². The zero-order valence-corrected chi connectivity index (χ0v) is 23.2. The lowest BCUT2D eigenvalue weighted by molar-refractivity contribution is -0.299. The molecule has 0 atom stereocenters. The van der Waals surface area contributed by atoms with E-state index in [-0.39, 0.29) is 34.8 Å². The molecule has 2 saturated heterocycles. The number of piperidine rings is 2. The standard InChI is InChI=1S/C25H52N4O5/c1-22(2)16-20(17-23(3,4)28(22)31)26(9)11-14-33-34-15-12-27(10-13-30)21-18-24(5,6)29(32)25(7,8)19-21/h20-21,30-32H,10-19H2,1-9H3. The summed E-state index contributed by atoms with van der Waals surface area (Å²) >= 11 is 0. The Morgan fingerprint density at radius 3 is 1.47 bits per heavy atom. The smallest absolute Gasteiger partial charge is 0.0949 e. The quantitative estimate of drug-likeness (QED) is 0.231. The Morgan fingerprint density at radius 2 is 1.06 bits per heavy atom. The Bertz CT molecular complexity index is 607. The summed E-state index contributed by atoms with van der Waals surface area (Å²) in [5.74, 6) is 0. The summed E-state index contributed by atoms with van der Waals surface area (Å²) in [7, 11) is 2.10. The van der Waals surface area contributed by atoms with Crippen LogP contribution in [0.4, 0.5) is 0 Å². The second kappa shape index (κ2) is 11.4. The fourth-order valence-electron chi connectivity index (χ4n) is 6.25. The summed E-state index contributed by atoms with van der Waals surface area (Å²) in [4.78, 5) is 15.5. The number of hydrogen-bond acceptors (Lipinski definition) is 9. The SMILES string of the molecule is CN(CCOOCCN(CCO)C1CC(C)(C)N(O)C(C)(C)C1)C1CC(C)(C)N(O)C(C)(C)C1. The Balaban J connectivity index is 1.77. The second-order valence-corrected chi connectivity index (χ2v) is 12.9. The molecule has 9 nitrogen and oxygen atoms in total. The van der Waals surface area contributed by atoms with E-state index in [4.69, 9.17) is 9.78 Å². The van der Waals surface area contributed by atoms with E-state index in [2.05, 4.69) is 72.2 Å². The highest BCUT2D eigenvalue weighted by atomic mass is 17.2. The molecule has 0 amide bonds. The highest BCUT2D eigenvalue weighted by Gasteiger charge is 2.47. The molecule has 2 fully saturated rings. The monoisotopic (exact) mass is 488 g/mol. The van der Waals surface area contributed by atoms with Crippen molar-refractivity contribution in [2.24, 2.45) is 0 Å². The summed E-state index contributed by atoms with van der Waals surface area (Å²) in [5, 5.41) is 33.7. The number of likely N-dealkylation sites (N-methyl/N-ethyl adjacent to an activating group) is 1. The highest BCUT2D eigenvalue weighted by molar-refractivity contribution is 5.00. The maximum absolute atomic E-state index is 10.6. The van der Waals surface area contributed by atoms with E-state index in [9.17, 15) is 15.5 Å². The van der Waals surface area contributed by atoms with Crippen molar-refractivity contribution in [3.63, 3.8) is 0 Å². The summed E-state index contributed by atoms with van der Waals surface area (Å²) in [6.45, 7) is 19.5. The van der Waals surface area contributed by atoms with Crippen molar-refractivity contribution in [2.75, 3.05) is 46.5 Å². The third-order valence-electron chi connectivity index (χ3n) is 7.83. The highest BCUT2D eigenvalue weighted by Crippen LogP contribution is 2.39. The van der Waals surface area contributed by atoms with Crippen molar-refractivity contribution in [2.45, 2.75) is 115 Å². The van der Waals surface area contributed by atoms with Gasteiger partial charge in [-0.15, -0.1) is 0 Å². The lowest BCUT2D eigenvalue weighted by Gasteiger charge is -2.53.